The van der Waals surface area contributed by atoms with Crippen LogP contribution in [0.15, 0.2) is 48.7 Å². The highest BCUT2D eigenvalue weighted by Gasteiger charge is 2.30. The van der Waals surface area contributed by atoms with Gasteiger partial charge < -0.3 is 19.7 Å². The molecule has 1 saturated heterocycles. The van der Waals surface area contributed by atoms with Gasteiger partial charge in [0.15, 0.2) is 17.3 Å². The summed E-state index contributed by atoms with van der Waals surface area (Å²) in [5.41, 5.74) is 1.76. The Labute approximate surface area is 209 Å². The molecule has 8 nitrogen and oxygen atoms in total. The largest absolute Gasteiger partial charge is 0.454 e. The standard InChI is InChI=1S/C27H28FN5O3/c28-19-6-8-20(9-7-19)30-26-22(27(34)33-13-11-32(12-14-33)21-3-1-2-4-21)16-29-25(31-26)18-5-10-23-24(15-18)36-17-35-23/h5-10,15-16,21H,1-4,11-14,17H2,(H,29,30,31). The molecule has 1 aliphatic carbocycles. The molecule has 0 atom stereocenters. The molecule has 1 amide bonds. The minimum absolute atomic E-state index is 0.108. The van der Waals surface area contributed by atoms with Crippen molar-refractivity contribution in [2.75, 3.05) is 38.3 Å². The fourth-order valence-corrected chi connectivity index (χ4v) is 5.21. The molecule has 1 saturated carbocycles. The number of benzene rings is 2. The zero-order chi connectivity index (χ0) is 24.5. The van der Waals surface area contributed by atoms with Crippen LogP contribution in [-0.2, 0) is 0 Å². The molecule has 0 spiro atoms. The molecule has 3 aliphatic rings. The predicted octanol–water partition coefficient (Wildman–Crippen LogP) is 4.46. The average Bonchev–Trinajstić information content (AvgIpc) is 3.62. The highest BCUT2D eigenvalue weighted by Crippen LogP contribution is 2.35. The van der Waals surface area contributed by atoms with Crippen LogP contribution in [0.3, 0.4) is 0 Å². The summed E-state index contributed by atoms with van der Waals surface area (Å²) < 4.78 is 24.4. The lowest BCUT2D eigenvalue weighted by Gasteiger charge is -2.38. The molecular weight excluding hydrogens is 461 g/mol. The van der Waals surface area contributed by atoms with Gasteiger partial charge in [-0.25, -0.2) is 14.4 Å². The normalized spacial score (nSPS) is 18.0. The van der Waals surface area contributed by atoms with E-state index in [1.54, 1.807) is 18.3 Å². The first-order valence-corrected chi connectivity index (χ1v) is 12.5. The fraction of sp³-hybridized carbons (Fsp3) is 0.370. The smallest absolute Gasteiger partial charge is 0.259 e. The van der Waals surface area contributed by atoms with Crippen LogP contribution in [0.2, 0.25) is 0 Å². The molecule has 3 heterocycles. The van der Waals surface area contributed by atoms with Crippen LogP contribution in [0.5, 0.6) is 11.5 Å². The van der Waals surface area contributed by atoms with Gasteiger partial charge in [0.2, 0.25) is 6.79 Å². The molecule has 1 aromatic heterocycles. The highest BCUT2D eigenvalue weighted by molar-refractivity contribution is 5.99. The summed E-state index contributed by atoms with van der Waals surface area (Å²) in [5.74, 6) is 1.69. The molecule has 6 rings (SSSR count). The zero-order valence-corrected chi connectivity index (χ0v) is 20.0. The molecule has 2 aliphatic heterocycles. The van der Waals surface area contributed by atoms with E-state index in [9.17, 15) is 9.18 Å². The second kappa shape index (κ2) is 9.73. The number of aromatic nitrogens is 2. The third kappa shape index (κ3) is 4.58. The Hall–Kier alpha value is -3.72. The second-order valence-electron chi connectivity index (χ2n) is 9.42. The van der Waals surface area contributed by atoms with E-state index in [2.05, 4.69) is 15.2 Å². The maximum absolute atomic E-state index is 13.6. The lowest BCUT2D eigenvalue weighted by molar-refractivity contribution is 0.0573. The number of nitrogens with one attached hydrogen (secondary N) is 1. The van der Waals surface area contributed by atoms with Crippen LogP contribution >= 0.6 is 0 Å². The third-order valence-corrected chi connectivity index (χ3v) is 7.20. The van der Waals surface area contributed by atoms with Gasteiger partial charge in [0.05, 0.1) is 0 Å². The third-order valence-electron chi connectivity index (χ3n) is 7.20. The molecule has 2 fully saturated rings. The summed E-state index contributed by atoms with van der Waals surface area (Å²) in [5, 5.41) is 3.20. The second-order valence-corrected chi connectivity index (χ2v) is 9.42. The molecule has 36 heavy (non-hydrogen) atoms. The van der Waals surface area contributed by atoms with Gasteiger partial charge in [-0.05, 0) is 55.3 Å². The van der Waals surface area contributed by atoms with E-state index >= 15 is 0 Å². The van der Waals surface area contributed by atoms with Crippen molar-refractivity contribution in [3.8, 4) is 22.9 Å². The number of halogens is 1. The van der Waals surface area contributed by atoms with Crippen LogP contribution in [-0.4, -0.2) is 64.7 Å². The molecule has 0 radical (unpaired) electrons. The molecule has 3 aromatic rings. The van der Waals surface area contributed by atoms with Crippen molar-refractivity contribution in [2.24, 2.45) is 0 Å². The lowest BCUT2D eigenvalue weighted by atomic mass is 10.1. The molecule has 0 bridgehead atoms. The summed E-state index contributed by atoms with van der Waals surface area (Å²) in [4.78, 5) is 27.2. The van der Waals surface area contributed by atoms with Crippen LogP contribution in [0, 0.1) is 5.82 Å². The van der Waals surface area contributed by atoms with Gasteiger partial charge in [0.25, 0.3) is 5.91 Å². The number of amides is 1. The van der Waals surface area contributed by atoms with Gasteiger partial charge >= 0.3 is 0 Å². The first-order chi connectivity index (χ1) is 17.6. The van der Waals surface area contributed by atoms with Gasteiger partial charge in [-0.2, -0.15) is 0 Å². The van der Waals surface area contributed by atoms with E-state index in [4.69, 9.17) is 14.5 Å². The van der Waals surface area contributed by atoms with Crippen LogP contribution < -0.4 is 14.8 Å². The van der Waals surface area contributed by atoms with Crippen LogP contribution in [0.4, 0.5) is 15.9 Å². The summed E-state index contributed by atoms with van der Waals surface area (Å²) in [6.45, 7) is 3.30. The van der Waals surface area contributed by atoms with Crippen LogP contribution in [0.25, 0.3) is 11.4 Å². The van der Waals surface area contributed by atoms with Crippen molar-refractivity contribution in [3.63, 3.8) is 0 Å². The van der Waals surface area contributed by atoms with E-state index in [1.807, 2.05) is 23.1 Å². The first-order valence-electron chi connectivity index (χ1n) is 12.5. The van der Waals surface area contributed by atoms with Gasteiger partial charge in [0.1, 0.15) is 17.2 Å². The Morgan fingerprint density at radius 1 is 0.972 bits per heavy atom. The van der Waals surface area contributed by atoms with Gasteiger partial charge in [0, 0.05) is 49.7 Å². The number of piperazine rings is 1. The van der Waals surface area contributed by atoms with Crippen LogP contribution in [0.1, 0.15) is 36.0 Å². The Morgan fingerprint density at radius 3 is 2.50 bits per heavy atom. The van der Waals surface area contributed by atoms with Crippen molar-refractivity contribution in [1.82, 2.24) is 19.8 Å². The fourth-order valence-electron chi connectivity index (χ4n) is 5.21. The quantitative estimate of drug-likeness (QED) is 0.567. The van der Waals surface area contributed by atoms with Crippen molar-refractivity contribution in [3.05, 3.63) is 60.0 Å². The van der Waals surface area contributed by atoms with Gasteiger partial charge in [-0.15, -0.1) is 0 Å². The molecule has 2 aromatic carbocycles. The molecule has 1 N–H and O–H groups in total. The number of anilines is 2. The average molecular weight is 490 g/mol. The number of fused-ring (bicyclic) bond motifs is 1. The summed E-state index contributed by atoms with van der Waals surface area (Å²) >= 11 is 0. The summed E-state index contributed by atoms with van der Waals surface area (Å²) in [7, 11) is 0. The first kappa shape index (κ1) is 22.7. The van der Waals surface area contributed by atoms with E-state index in [-0.39, 0.29) is 18.5 Å². The van der Waals surface area contributed by atoms with E-state index in [0.29, 0.717) is 53.5 Å². The van der Waals surface area contributed by atoms with Crippen molar-refractivity contribution >= 4 is 17.4 Å². The number of hydrogen-bond donors (Lipinski definition) is 1. The number of carbonyl (C=O) groups is 1. The number of ether oxygens (including phenoxy) is 2. The maximum Gasteiger partial charge on any atom is 0.259 e. The minimum atomic E-state index is -0.333. The Balaban J connectivity index is 1.27. The van der Waals surface area contributed by atoms with E-state index in [0.717, 1.165) is 18.7 Å². The minimum Gasteiger partial charge on any atom is -0.454 e. The number of rotatable bonds is 5. The summed E-state index contributed by atoms with van der Waals surface area (Å²) in [6, 6.07) is 12.1. The lowest BCUT2D eigenvalue weighted by Crippen LogP contribution is -2.51. The Morgan fingerprint density at radius 2 is 1.72 bits per heavy atom. The summed E-state index contributed by atoms with van der Waals surface area (Å²) in [6.07, 6.45) is 6.69. The number of nitrogens with zero attached hydrogens (tertiary/aromatic N) is 4. The molecule has 186 valence electrons. The maximum atomic E-state index is 13.6. The van der Waals surface area contributed by atoms with Crippen molar-refractivity contribution in [1.29, 1.82) is 0 Å². The van der Waals surface area contributed by atoms with Crippen molar-refractivity contribution in [2.45, 2.75) is 31.7 Å². The SMILES string of the molecule is O=C(c1cnc(-c2ccc3c(c2)OCO3)nc1Nc1ccc(F)cc1)N1CCN(C2CCCC2)CC1. The number of carbonyl (C=O) groups excluding carboxylic acids is 1. The van der Waals surface area contributed by atoms with E-state index in [1.165, 1.54) is 37.8 Å². The Kier molecular flexibility index (Phi) is 6.14. The predicted molar refractivity (Wildman–Crippen MR) is 133 cm³/mol. The highest BCUT2D eigenvalue weighted by atomic mass is 19.1. The molecular formula is C27H28FN5O3. The zero-order valence-electron chi connectivity index (χ0n) is 20.0. The topological polar surface area (TPSA) is 79.8 Å². The van der Waals surface area contributed by atoms with Crippen molar-refractivity contribution < 1.29 is 18.7 Å². The van der Waals surface area contributed by atoms with Gasteiger partial charge in [-0.1, -0.05) is 12.8 Å². The monoisotopic (exact) mass is 489 g/mol. The van der Waals surface area contributed by atoms with E-state index < -0.39 is 0 Å². The molecule has 0 unspecified atom stereocenters. The van der Waals surface area contributed by atoms with Gasteiger partial charge in [-0.3, -0.25) is 9.69 Å². The number of hydrogen-bond acceptors (Lipinski definition) is 7. The molecule has 9 heteroatoms. The Bertz CT molecular complexity index is 1250.